The number of urea groups is 1. The zero-order chi connectivity index (χ0) is 57.9. The highest BCUT2D eigenvalue weighted by atomic mass is 16.6. The summed E-state index contributed by atoms with van der Waals surface area (Å²) in [5.74, 6) is 7.73. The number of aliphatic hydroxyl groups excluding tert-OH is 1. The number of primary amides is 1. The van der Waals surface area contributed by atoms with Gasteiger partial charge in [-0.25, -0.2) is 24.4 Å². The highest BCUT2D eigenvalue weighted by Crippen LogP contribution is 2.52. The lowest BCUT2D eigenvalue weighted by molar-refractivity contribution is -0.141. The smallest absolute Gasteiger partial charge is 0.408 e. The molecule has 0 spiro atoms. The average molecular weight is 1090 g/mol. The molecule has 8 N–H and O–H groups in total. The lowest BCUT2D eigenvalue weighted by Gasteiger charge is -2.39. The van der Waals surface area contributed by atoms with Gasteiger partial charge in [0, 0.05) is 49.9 Å². The van der Waals surface area contributed by atoms with Crippen molar-refractivity contribution in [3.63, 3.8) is 0 Å². The number of nitrogens with one attached hydrogen (secondary N) is 5. The number of aliphatic hydroxyl groups is 1. The molecule has 1 aromatic rings. The van der Waals surface area contributed by atoms with E-state index >= 15 is 0 Å². The van der Waals surface area contributed by atoms with Crippen molar-refractivity contribution < 1.29 is 52.8 Å². The number of cyclic esters (lactones) is 1. The highest BCUT2D eigenvalue weighted by Gasteiger charge is 2.49. The largest absolute Gasteiger partial charge is 0.455 e. The number of nitriles is 1. The van der Waals surface area contributed by atoms with Crippen LogP contribution in [0.15, 0.2) is 96.2 Å². The molecule has 0 aromatic heterocycles. The quantitative estimate of drug-likeness (QED) is 0.00982. The minimum atomic E-state index is -1.05. The standard InChI is InChI=1S/C58H80N6O11.C2H3BN/c1-8-16-50-40(7)49(65)33-51(75-50)47(21-13-17-37(4)31-39(6)32-38(5)24-29-43-18-14-23-52(66)74-43)63-57(70)72-34-41-25-27-42(28-26-41)61-54(67)48(22-15-30-60-56(59)69)62-55(68)53(36(2)3)64-58(71)73-35-46-44-19-11-9-10-12-20-45(44)46;1-3-2-4/h8,13-14,16-17,21,23-29,32,36,39-40,43-51,53,65H,11-12,15,18-20,22,30-31,33-35H2,1-7H3,(H,61,67)(H,62,68)(H,63,70)(H,64,71)(H3,59,60,69);1H3/b16-8+,21-13+,29-24+,37-17+,38-32-;/t39-,40+,43-,44-,45+,46?,47-,48+,49-,50+,51+,53+;/m1./s1. The van der Waals surface area contributed by atoms with Gasteiger partial charge in [-0.3, -0.25) is 9.59 Å². The Bertz CT molecular complexity index is 2470. The third kappa shape index (κ3) is 23.4. The first-order valence-corrected chi connectivity index (χ1v) is 27.6. The number of carbonyl (C=O) groups excluding carboxylic acids is 6. The molecule has 79 heavy (non-hydrogen) atoms. The number of hydrogen-bond acceptors (Lipinski definition) is 12. The van der Waals surface area contributed by atoms with E-state index in [2.05, 4.69) is 51.4 Å². The Balaban J connectivity index is 0.00000325. The SMILES string of the molecule is C/C=C/[C@@H]1O[C@H]([C@@H](/C=C/C=C(\C)C[C@@H](C)/C=C(C)\C=C\[C@H]2CC=CC(=O)O2)NC(=O)OCc2ccc(NC(=O)[C@H](CCCNC(N)=O)NC(=O)[C@@H](NC(=O)OCC3[C@H]4CCC#CCC[C@@H]34)C(C)C)cc2)C[C@@H](O)[C@@H]1C.C[B]C#N. The summed E-state index contributed by atoms with van der Waals surface area (Å²) in [6.45, 7) is 15.6. The van der Waals surface area contributed by atoms with E-state index in [0.29, 0.717) is 42.3 Å². The van der Waals surface area contributed by atoms with E-state index in [1.165, 1.54) is 13.4 Å². The third-order valence-corrected chi connectivity index (χ3v) is 14.1. The molecule has 18 nitrogen and oxygen atoms in total. The van der Waals surface area contributed by atoms with Gasteiger partial charge < -0.3 is 56.4 Å². The minimum Gasteiger partial charge on any atom is -0.455 e. The molecule has 0 bridgehead atoms. The number of anilines is 1. The highest BCUT2D eigenvalue weighted by molar-refractivity contribution is 6.43. The molecule has 12 atom stereocenters. The fraction of sp³-hybridized carbons (Fsp3) is 0.550. The zero-order valence-corrected chi connectivity index (χ0v) is 47.2. The second-order valence-corrected chi connectivity index (χ2v) is 21.0. The normalized spacial score (nSPS) is 24.2. The molecule has 5 rings (SSSR count). The maximum absolute atomic E-state index is 13.8. The number of nitrogens with two attached hydrogens (primary N) is 1. The molecule has 1 aromatic carbocycles. The van der Waals surface area contributed by atoms with Crippen LogP contribution in [-0.2, 0) is 39.9 Å². The van der Waals surface area contributed by atoms with Gasteiger partial charge in [0.05, 0.1) is 31.0 Å². The topological polar surface area (TPSA) is 270 Å². The molecule has 1 radical (unpaired) electrons. The van der Waals surface area contributed by atoms with Crippen LogP contribution in [0, 0.1) is 58.6 Å². The molecule has 19 heteroatoms. The molecule has 1 unspecified atom stereocenters. The van der Waals surface area contributed by atoms with Crippen LogP contribution in [0.2, 0.25) is 6.82 Å². The number of allylic oxidation sites excluding steroid dienone is 7. The Morgan fingerprint density at radius 2 is 1.67 bits per heavy atom. The van der Waals surface area contributed by atoms with Gasteiger partial charge in [0.2, 0.25) is 11.8 Å². The molecular formula is C60H83BN7O11. The van der Waals surface area contributed by atoms with Crippen molar-refractivity contribution in [2.45, 2.75) is 162 Å². The number of carbonyl (C=O) groups is 6. The summed E-state index contributed by atoms with van der Waals surface area (Å²) in [5.41, 5.74) is 8.45. The van der Waals surface area contributed by atoms with Gasteiger partial charge in [-0.1, -0.05) is 106 Å². The fourth-order valence-corrected chi connectivity index (χ4v) is 9.80. The van der Waals surface area contributed by atoms with Gasteiger partial charge in [-0.15, -0.1) is 11.8 Å². The monoisotopic (exact) mass is 1090 g/mol. The van der Waals surface area contributed by atoms with Gasteiger partial charge in [-0.2, -0.15) is 0 Å². The molecule has 2 aliphatic heterocycles. The predicted octanol–water partition coefficient (Wildman–Crippen LogP) is 8.20. The molecule has 6 amide bonds. The van der Waals surface area contributed by atoms with Crippen LogP contribution in [0.1, 0.15) is 112 Å². The first-order chi connectivity index (χ1) is 37.8. The molecule has 1 saturated carbocycles. The molecule has 427 valence electrons. The van der Waals surface area contributed by atoms with Crippen molar-refractivity contribution in [2.24, 2.45) is 41.2 Å². The molecule has 2 fully saturated rings. The van der Waals surface area contributed by atoms with Crippen LogP contribution in [-0.4, -0.2) is 104 Å². The van der Waals surface area contributed by atoms with Crippen LogP contribution in [0.4, 0.5) is 20.1 Å². The van der Waals surface area contributed by atoms with Crippen molar-refractivity contribution in [3.05, 3.63) is 102 Å². The minimum absolute atomic E-state index is 0.0981. The lowest BCUT2D eigenvalue weighted by atomic mass is 9.86. The van der Waals surface area contributed by atoms with Gasteiger partial charge in [0.15, 0.2) is 0 Å². The maximum Gasteiger partial charge on any atom is 0.408 e. The van der Waals surface area contributed by atoms with Crippen LogP contribution in [0.25, 0.3) is 0 Å². The van der Waals surface area contributed by atoms with Gasteiger partial charge >= 0.3 is 24.2 Å². The van der Waals surface area contributed by atoms with E-state index < -0.39 is 60.4 Å². The first-order valence-electron chi connectivity index (χ1n) is 27.6. The van der Waals surface area contributed by atoms with Crippen LogP contribution in [0.3, 0.4) is 0 Å². The maximum atomic E-state index is 13.8. The summed E-state index contributed by atoms with van der Waals surface area (Å²) in [4.78, 5) is 76.8. The molecule has 2 heterocycles. The molecule has 2 aliphatic carbocycles. The Labute approximate surface area is 468 Å². The summed E-state index contributed by atoms with van der Waals surface area (Å²) in [6, 6.07) is 3.27. The number of fused-ring (bicyclic) bond motifs is 1. The van der Waals surface area contributed by atoms with Crippen molar-refractivity contribution in [1.82, 2.24) is 21.3 Å². The summed E-state index contributed by atoms with van der Waals surface area (Å²) in [6.07, 6.45) is 21.4. The Morgan fingerprint density at radius 1 is 0.987 bits per heavy atom. The fourth-order valence-electron chi connectivity index (χ4n) is 9.80. The third-order valence-electron chi connectivity index (χ3n) is 14.1. The van der Waals surface area contributed by atoms with E-state index in [-0.39, 0.29) is 68.0 Å². The van der Waals surface area contributed by atoms with E-state index in [1.54, 1.807) is 50.9 Å². The number of esters is 1. The molecule has 4 aliphatic rings. The van der Waals surface area contributed by atoms with Crippen molar-refractivity contribution in [3.8, 4) is 17.8 Å². The Morgan fingerprint density at radius 3 is 2.30 bits per heavy atom. The van der Waals surface area contributed by atoms with Crippen LogP contribution in [0.5, 0.6) is 0 Å². The Hall–Kier alpha value is -7.09. The molecular weight excluding hydrogens is 1010 g/mol. The van der Waals surface area contributed by atoms with E-state index in [1.807, 2.05) is 76.3 Å². The second kappa shape index (κ2) is 34.0. The summed E-state index contributed by atoms with van der Waals surface area (Å²) < 4.78 is 23.0. The second-order valence-electron chi connectivity index (χ2n) is 21.0. The summed E-state index contributed by atoms with van der Waals surface area (Å²) in [7, 11) is 1.43. The van der Waals surface area contributed by atoms with Gasteiger partial charge in [0.25, 0.3) is 7.28 Å². The zero-order valence-electron chi connectivity index (χ0n) is 47.2. The van der Waals surface area contributed by atoms with Gasteiger partial charge in [-0.05, 0) is 112 Å². The average Bonchev–Trinajstić information content (AvgIpc) is 4.27. The first kappa shape index (κ1) is 64.4. The van der Waals surface area contributed by atoms with Crippen molar-refractivity contribution >= 4 is 49.0 Å². The van der Waals surface area contributed by atoms with Crippen molar-refractivity contribution in [2.75, 3.05) is 18.5 Å². The van der Waals surface area contributed by atoms with Crippen molar-refractivity contribution in [1.29, 1.82) is 5.26 Å². The Kier molecular flexibility index (Phi) is 27.8. The van der Waals surface area contributed by atoms with Crippen LogP contribution >= 0.6 is 0 Å². The van der Waals surface area contributed by atoms with E-state index in [4.69, 9.17) is 29.9 Å². The van der Waals surface area contributed by atoms with E-state index in [9.17, 15) is 33.9 Å². The van der Waals surface area contributed by atoms with E-state index in [0.717, 1.165) is 43.3 Å². The number of hydrogen-bond donors (Lipinski definition) is 7. The number of nitrogens with zero attached hydrogens (tertiary/aromatic N) is 1. The number of rotatable bonds is 24. The number of amides is 6. The number of ether oxygens (including phenoxy) is 4. The lowest BCUT2D eigenvalue weighted by Crippen LogP contribution is -2.54. The predicted molar refractivity (Wildman–Crippen MR) is 304 cm³/mol. The van der Waals surface area contributed by atoms with Crippen LogP contribution < -0.4 is 32.3 Å². The molecule has 1 saturated heterocycles. The number of benzene rings is 1. The number of alkyl carbamates (subject to hydrolysis) is 2. The summed E-state index contributed by atoms with van der Waals surface area (Å²) in [5, 5.41) is 32.4. The van der Waals surface area contributed by atoms with Gasteiger partial charge in [0.1, 0.15) is 24.8 Å². The summed E-state index contributed by atoms with van der Waals surface area (Å²) >= 11 is 0.